The van der Waals surface area contributed by atoms with Gasteiger partial charge in [0, 0.05) is 16.3 Å². The van der Waals surface area contributed by atoms with Crippen LogP contribution in [0.3, 0.4) is 0 Å². The number of urea groups is 1. The largest absolute Gasteiger partial charge is 0.497 e. The molecule has 0 fully saturated rings. The number of nitrogens with zero attached hydrogens (tertiary/aromatic N) is 3. The molecule has 9 heteroatoms. The summed E-state index contributed by atoms with van der Waals surface area (Å²) >= 11 is 6.05. The van der Waals surface area contributed by atoms with E-state index in [1.165, 1.54) is 17.0 Å². The summed E-state index contributed by atoms with van der Waals surface area (Å²) in [5.74, 6) is 0.671. The molecule has 0 spiro atoms. The molecule has 5 rings (SSSR count). The van der Waals surface area contributed by atoms with E-state index in [-0.39, 0.29) is 17.7 Å². The van der Waals surface area contributed by atoms with Gasteiger partial charge in [-0.15, -0.1) is 0 Å². The highest BCUT2D eigenvalue weighted by Gasteiger charge is 2.36. The fourth-order valence-corrected chi connectivity index (χ4v) is 4.20. The minimum atomic E-state index is -0.595. The molecule has 0 aliphatic carbocycles. The van der Waals surface area contributed by atoms with Gasteiger partial charge < -0.3 is 14.6 Å². The Morgan fingerprint density at radius 1 is 1.09 bits per heavy atom. The van der Waals surface area contributed by atoms with E-state index in [1.54, 1.807) is 43.5 Å². The molecule has 0 saturated carbocycles. The van der Waals surface area contributed by atoms with Gasteiger partial charge in [-0.1, -0.05) is 41.0 Å². The Kier molecular flexibility index (Phi) is 5.96. The molecule has 1 unspecified atom stereocenters. The molecular weight excluding hydrogens is 471 g/mol. The molecule has 0 saturated heterocycles. The van der Waals surface area contributed by atoms with Gasteiger partial charge in [0.15, 0.2) is 0 Å². The van der Waals surface area contributed by atoms with Crippen molar-refractivity contribution in [1.82, 2.24) is 15.5 Å². The highest BCUT2D eigenvalue weighted by Crippen LogP contribution is 2.40. The van der Waals surface area contributed by atoms with Crippen LogP contribution in [0.4, 0.5) is 14.9 Å². The van der Waals surface area contributed by atoms with Gasteiger partial charge in [0.1, 0.15) is 11.6 Å². The zero-order chi connectivity index (χ0) is 24.5. The molecule has 1 N–H and O–H groups in total. The predicted octanol–water partition coefficient (Wildman–Crippen LogP) is 6.24. The van der Waals surface area contributed by atoms with Crippen LogP contribution in [-0.4, -0.2) is 23.3 Å². The van der Waals surface area contributed by atoms with E-state index in [4.69, 9.17) is 20.9 Å². The van der Waals surface area contributed by atoms with Crippen molar-refractivity contribution in [2.24, 2.45) is 0 Å². The summed E-state index contributed by atoms with van der Waals surface area (Å²) in [5, 5.41) is 7.66. The molecule has 0 bridgehead atoms. The van der Waals surface area contributed by atoms with Crippen molar-refractivity contribution in [3.8, 4) is 17.1 Å². The number of aromatic nitrogens is 2. The summed E-state index contributed by atoms with van der Waals surface area (Å²) in [6.45, 7) is 1.81. The number of methoxy groups -OCH3 is 1. The Labute approximate surface area is 205 Å². The summed E-state index contributed by atoms with van der Waals surface area (Å²) in [7, 11) is 1.58. The predicted molar refractivity (Wildman–Crippen MR) is 130 cm³/mol. The Hall–Kier alpha value is -4.17. The first-order chi connectivity index (χ1) is 16.9. The van der Waals surface area contributed by atoms with Crippen molar-refractivity contribution in [3.05, 3.63) is 101 Å². The van der Waals surface area contributed by atoms with Crippen LogP contribution < -0.4 is 15.0 Å². The van der Waals surface area contributed by atoms with Crippen molar-refractivity contribution < 1.29 is 18.4 Å². The van der Waals surface area contributed by atoms with Crippen molar-refractivity contribution in [2.45, 2.75) is 13.0 Å². The lowest BCUT2D eigenvalue weighted by Gasteiger charge is -2.35. The molecule has 3 aromatic carbocycles. The van der Waals surface area contributed by atoms with Crippen LogP contribution in [0.15, 0.2) is 83.0 Å². The number of hydrogen-bond donors (Lipinski definition) is 1. The monoisotopic (exact) mass is 490 g/mol. The van der Waals surface area contributed by atoms with Gasteiger partial charge in [-0.2, -0.15) is 4.98 Å². The lowest BCUT2D eigenvalue weighted by Crippen LogP contribution is -2.46. The number of hydrogen-bond acceptors (Lipinski definition) is 5. The SMILES string of the molecule is COc1cccc(C2NC(=O)N(c3ccc(Cl)cc3)C(C)=C2c2nc(-c3cccc(F)c3)no2)c1. The van der Waals surface area contributed by atoms with E-state index < -0.39 is 11.9 Å². The Morgan fingerprint density at radius 2 is 1.86 bits per heavy atom. The third-order valence-corrected chi connectivity index (χ3v) is 5.99. The van der Waals surface area contributed by atoms with Gasteiger partial charge in [-0.25, -0.2) is 9.18 Å². The standard InChI is InChI=1S/C26H20ClFN4O3/c1-15-22(25-30-24(31-35-25)17-6-3-7-19(28)13-17)23(16-5-4-8-21(14-16)34-2)29-26(33)32(15)20-11-9-18(27)10-12-20/h3-14,23H,1-2H3,(H,29,33). The van der Waals surface area contributed by atoms with Crippen molar-refractivity contribution >= 4 is 28.9 Å². The number of ether oxygens (including phenoxy) is 1. The summed E-state index contributed by atoms with van der Waals surface area (Å²) in [6, 6.07) is 19.3. The second-order valence-corrected chi connectivity index (χ2v) is 8.34. The van der Waals surface area contributed by atoms with Gasteiger partial charge in [0.25, 0.3) is 5.89 Å². The van der Waals surface area contributed by atoms with Gasteiger partial charge >= 0.3 is 6.03 Å². The number of rotatable bonds is 5. The second-order valence-electron chi connectivity index (χ2n) is 7.90. The molecule has 176 valence electrons. The number of amides is 2. The van der Waals surface area contributed by atoms with E-state index in [2.05, 4.69) is 15.5 Å². The number of anilines is 1. The molecule has 1 aromatic heterocycles. The summed E-state index contributed by atoms with van der Waals surface area (Å²) < 4.78 is 24.8. The van der Waals surface area contributed by atoms with Crippen LogP contribution in [0.2, 0.25) is 5.02 Å². The Morgan fingerprint density at radius 3 is 2.60 bits per heavy atom. The van der Waals surface area contributed by atoms with Gasteiger partial charge in [0.05, 0.1) is 24.4 Å². The quantitative estimate of drug-likeness (QED) is 0.358. The molecule has 35 heavy (non-hydrogen) atoms. The summed E-state index contributed by atoms with van der Waals surface area (Å²) in [5.41, 5.74) is 3.07. The molecule has 1 aliphatic rings. The van der Waals surface area contributed by atoms with Gasteiger partial charge in [0.2, 0.25) is 5.82 Å². The molecular formula is C26H20ClFN4O3. The number of benzene rings is 3. The van der Waals surface area contributed by atoms with E-state index in [0.29, 0.717) is 33.3 Å². The van der Waals surface area contributed by atoms with Crippen molar-refractivity contribution in [1.29, 1.82) is 0 Å². The molecule has 0 radical (unpaired) electrons. The van der Waals surface area contributed by atoms with Crippen LogP contribution in [-0.2, 0) is 0 Å². The minimum Gasteiger partial charge on any atom is -0.497 e. The van der Waals surface area contributed by atoms with Crippen LogP contribution in [0.1, 0.15) is 24.4 Å². The highest BCUT2D eigenvalue weighted by atomic mass is 35.5. The zero-order valence-electron chi connectivity index (χ0n) is 18.8. The first-order valence-corrected chi connectivity index (χ1v) is 11.1. The Balaban J connectivity index is 1.66. The molecule has 1 aliphatic heterocycles. The van der Waals surface area contributed by atoms with E-state index in [9.17, 15) is 9.18 Å². The first-order valence-electron chi connectivity index (χ1n) is 10.8. The van der Waals surface area contributed by atoms with Crippen LogP contribution in [0, 0.1) is 5.82 Å². The number of carbonyl (C=O) groups is 1. The number of carbonyl (C=O) groups excluding carboxylic acids is 1. The number of halogens is 2. The van der Waals surface area contributed by atoms with E-state index in [1.807, 2.05) is 31.2 Å². The third-order valence-electron chi connectivity index (χ3n) is 5.74. The molecule has 2 heterocycles. The first kappa shape index (κ1) is 22.6. The number of allylic oxidation sites excluding steroid dienone is 1. The average Bonchev–Trinajstić information content (AvgIpc) is 3.35. The Bertz CT molecular complexity index is 1430. The lowest BCUT2D eigenvalue weighted by molar-refractivity contribution is 0.244. The van der Waals surface area contributed by atoms with Crippen molar-refractivity contribution in [2.75, 3.05) is 12.0 Å². The summed E-state index contributed by atoms with van der Waals surface area (Å²) in [4.78, 5) is 19.3. The van der Waals surface area contributed by atoms with E-state index in [0.717, 1.165) is 5.56 Å². The zero-order valence-corrected chi connectivity index (χ0v) is 19.6. The van der Waals surface area contributed by atoms with Crippen molar-refractivity contribution in [3.63, 3.8) is 0 Å². The van der Waals surface area contributed by atoms with Gasteiger partial charge in [-0.3, -0.25) is 4.90 Å². The fourth-order valence-electron chi connectivity index (χ4n) is 4.07. The van der Waals surface area contributed by atoms with Crippen LogP contribution in [0.25, 0.3) is 17.0 Å². The van der Waals surface area contributed by atoms with E-state index >= 15 is 0 Å². The molecule has 7 nitrogen and oxygen atoms in total. The topological polar surface area (TPSA) is 80.5 Å². The molecule has 1 atom stereocenters. The highest BCUT2D eigenvalue weighted by molar-refractivity contribution is 6.30. The number of nitrogens with one attached hydrogen (secondary N) is 1. The van der Waals surface area contributed by atoms with Gasteiger partial charge in [-0.05, 0) is 61.0 Å². The normalized spacial score (nSPS) is 15.8. The second kappa shape index (κ2) is 9.23. The maximum atomic E-state index is 13.8. The molecule has 4 aromatic rings. The smallest absolute Gasteiger partial charge is 0.326 e. The fraction of sp³-hybridized carbons (Fsp3) is 0.115. The van der Waals surface area contributed by atoms with Crippen LogP contribution in [0.5, 0.6) is 5.75 Å². The van der Waals surface area contributed by atoms with Crippen LogP contribution >= 0.6 is 11.6 Å². The lowest BCUT2D eigenvalue weighted by atomic mass is 9.94. The summed E-state index contributed by atoms with van der Waals surface area (Å²) in [6.07, 6.45) is 0. The maximum absolute atomic E-state index is 13.8. The average molecular weight is 491 g/mol. The molecule has 2 amide bonds. The minimum absolute atomic E-state index is 0.202. The maximum Gasteiger partial charge on any atom is 0.326 e. The third kappa shape index (κ3) is 4.36.